The van der Waals surface area contributed by atoms with E-state index in [9.17, 15) is 4.79 Å². The van der Waals surface area contributed by atoms with Gasteiger partial charge in [-0.3, -0.25) is 4.79 Å². The first kappa shape index (κ1) is 12.3. The molecule has 0 fully saturated rings. The van der Waals surface area contributed by atoms with Gasteiger partial charge in [0.15, 0.2) is 0 Å². The average Bonchev–Trinajstić information content (AvgIpc) is 2.20. The van der Waals surface area contributed by atoms with Gasteiger partial charge in [0, 0.05) is 26.1 Å². The lowest BCUT2D eigenvalue weighted by Crippen LogP contribution is -2.20. The first-order chi connectivity index (χ1) is 7.59. The zero-order valence-corrected chi connectivity index (χ0v) is 9.51. The van der Waals surface area contributed by atoms with Crippen molar-refractivity contribution in [2.45, 2.75) is 13.3 Å². The quantitative estimate of drug-likeness (QED) is 0.449. The second-order valence-electron chi connectivity index (χ2n) is 2.97. The van der Waals surface area contributed by atoms with Gasteiger partial charge >= 0.3 is 0 Å². The summed E-state index contributed by atoms with van der Waals surface area (Å²) in [7, 11) is 0. The van der Waals surface area contributed by atoms with E-state index >= 15 is 0 Å². The van der Waals surface area contributed by atoms with E-state index in [1.807, 2.05) is 0 Å². The van der Waals surface area contributed by atoms with Crippen molar-refractivity contribution in [3.05, 3.63) is 16.9 Å². The third-order valence-electron chi connectivity index (χ3n) is 1.61. The molecule has 0 aliphatic carbocycles. The first-order valence-corrected chi connectivity index (χ1v) is 4.98. The lowest BCUT2D eigenvalue weighted by atomic mass is 10.3. The molecule has 0 bridgehead atoms. The highest BCUT2D eigenvalue weighted by Crippen LogP contribution is 2.10. The fourth-order valence-corrected chi connectivity index (χ4v) is 1.10. The third-order valence-corrected chi connectivity index (χ3v) is 1.90. The number of carbonyl (C=O) groups excluding carboxylic acids is 1. The second-order valence-corrected chi connectivity index (χ2v) is 3.33. The molecule has 0 unspecified atom stereocenters. The summed E-state index contributed by atoms with van der Waals surface area (Å²) in [5, 5.41) is 2.87. The van der Waals surface area contributed by atoms with Gasteiger partial charge in [-0.05, 0) is 0 Å². The maximum atomic E-state index is 10.6. The van der Waals surface area contributed by atoms with Crippen molar-refractivity contribution in [2.24, 2.45) is 0 Å². The van der Waals surface area contributed by atoms with Crippen LogP contribution in [0.15, 0.2) is 6.20 Å². The number of nitrogens with one attached hydrogen (secondary N) is 1. The SMILES string of the molecule is CC(=O)NCCC#Cc1cnc(N)nc1Cl. The average molecular weight is 239 g/mol. The number of rotatable bonds is 2. The van der Waals surface area contributed by atoms with E-state index in [0.717, 1.165) is 0 Å². The van der Waals surface area contributed by atoms with Crippen molar-refractivity contribution < 1.29 is 4.79 Å². The van der Waals surface area contributed by atoms with Crippen LogP contribution in [0.2, 0.25) is 5.15 Å². The Balaban J connectivity index is 2.53. The number of carbonyl (C=O) groups is 1. The lowest BCUT2D eigenvalue weighted by molar-refractivity contribution is -0.118. The van der Waals surface area contributed by atoms with Gasteiger partial charge in [0.1, 0.15) is 5.15 Å². The first-order valence-electron chi connectivity index (χ1n) is 4.61. The molecule has 16 heavy (non-hydrogen) atoms. The zero-order valence-electron chi connectivity index (χ0n) is 8.75. The van der Waals surface area contributed by atoms with Crippen LogP contribution in [0.1, 0.15) is 18.9 Å². The molecule has 0 aliphatic heterocycles. The molecule has 0 saturated heterocycles. The molecule has 0 saturated carbocycles. The van der Waals surface area contributed by atoms with E-state index in [-0.39, 0.29) is 17.0 Å². The molecule has 1 aromatic heterocycles. The highest BCUT2D eigenvalue weighted by Gasteiger charge is 1.99. The van der Waals surface area contributed by atoms with E-state index in [1.54, 1.807) is 0 Å². The summed E-state index contributed by atoms with van der Waals surface area (Å²) in [6.07, 6.45) is 2.01. The molecule has 1 aromatic rings. The van der Waals surface area contributed by atoms with Crippen molar-refractivity contribution in [2.75, 3.05) is 12.3 Å². The van der Waals surface area contributed by atoms with Crippen molar-refractivity contribution in [3.63, 3.8) is 0 Å². The molecule has 0 spiro atoms. The summed E-state index contributed by atoms with van der Waals surface area (Å²) in [6, 6.07) is 0. The van der Waals surface area contributed by atoms with E-state index < -0.39 is 0 Å². The molecular formula is C10H11ClN4O. The van der Waals surface area contributed by atoms with Gasteiger partial charge in [-0.15, -0.1) is 0 Å². The van der Waals surface area contributed by atoms with Crippen LogP contribution in [0.25, 0.3) is 0 Å². The zero-order chi connectivity index (χ0) is 12.0. The van der Waals surface area contributed by atoms with Crippen molar-refractivity contribution >= 4 is 23.5 Å². The Morgan fingerprint density at radius 1 is 1.69 bits per heavy atom. The summed E-state index contributed by atoms with van der Waals surface area (Å²) >= 11 is 5.79. The van der Waals surface area contributed by atoms with Crippen LogP contribution < -0.4 is 11.1 Å². The van der Waals surface area contributed by atoms with Gasteiger partial charge in [0.25, 0.3) is 0 Å². The van der Waals surface area contributed by atoms with Crippen LogP contribution in [-0.4, -0.2) is 22.4 Å². The molecule has 6 heteroatoms. The minimum atomic E-state index is -0.0735. The number of anilines is 1. The smallest absolute Gasteiger partial charge is 0.221 e. The maximum Gasteiger partial charge on any atom is 0.221 e. The van der Waals surface area contributed by atoms with Crippen LogP contribution in [0.4, 0.5) is 5.95 Å². The van der Waals surface area contributed by atoms with Crippen LogP contribution >= 0.6 is 11.6 Å². The van der Waals surface area contributed by atoms with Crippen LogP contribution in [0.5, 0.6) is 0 Å². The minimum absolute atomic E-state index is 0.0735. The number of hydrogen-bond donors (Lipinski definition) is 2. The van der Waals surface area contributed by atoms with E-state index in [0.29, 0.717) is 18.5 Å². The Bertz CT molecular complexity index is 450. The number of nitrogen functional groups attached to an aromatic ring is 1. The molecule has 0 aliphatic rings. The molecule has 5 nitrogen and oxygen atoms in total. The van der Waals surface area contributed by atoms with Gasteiger partial charge in [-0.1, -0.05) is 23.4 Å². The largest absolute Gasteiger partial charge is 0.368 e. The van der Waals surface area contributed by atoms with E-state index in [2.05, 4.69) is 27.1 Å². The van der Waals surface area contributed by atoms with Crippen molar-refractivity contribution in [3.8, 4) is 11.8 Å². The summed E-state index contributed by atoms with van der Waals surface area (Å²) in [5.74, 6) is 5.69. The Morgan fingerprint density at radius 2 is 2.44 bits per heavy atom. The summed E-state index contributed by atoms with van der Waals surface area (Å²) in [5.41, 5.74) is 5.86. The fourth-order valence-electron chi connectivity index (χ4n) is 0.916. The van der Waals surface area contributed by atoms with E-state index in [1.165, 1.54) is 13.1 Å². The van der Waals surface area contributed by atoms with Crippen LogP contribution in [0.3, 0.4) is 0 Å². The Labute approximate surface area is 98.4 Å². The number of nitrogens with two attached hydrogens (primary N) is 1. The number of aromatic nitrogens is 2. The number of halogens is 1. The second kappa shape index (κ2) is 5.93. The van der Waals surface area contributed by atoms with Gasteiger partial charge in [0.05, 0.1) is 5.56 Å². The summed E-state index contributed by atoms with van der Waals surface area (Å²) < 4.78 is 0. The van der Waals surface area contributed by atoms with E-state index in [4.69, 9.17) is 17.3 Å². The summed E-state index contributed by atoms with van der Waals surface area (Å²) in [4.78, 5) is 18.1. The van der Waals surface area contributed by atoms with Gasteiger partial charge < -0.3 is 11.1 Å². The molecule has 0 radical (unpaired) electrons. The monoisotopic (exact) mass is 238 g/mol. The normalized spacial score (nSPS) is 9.12. The maximum absolute atomic E-state index is 10.6. The van der Waals surface area contributed by atoms with Crippen molar-refractivity contribution in [1.82, 2.24) is 15.3 Å². The summed E-state index contributed by atoms with van der Waals surface area (Å²) in [6.45, 7) is 1.97. The fraction of sp³-hybridized carbons (Fsp3) is 0.300. The van der Waals surface area contributed by atoms with Crippen LogP contribution in [-0.2, 0) is 4.79 Å². The molecule has 1 heterocycles. The lowest BCUT2D eigenvalue weighted by Gasteiger charge is -1.96. The van der Waals surface area contributed by atoms with Crippen molar-refractivity contribution in [1.29, 1.82) is 0 Å². The number of hydrogen-bond acceptors (Lipinski definition) is 4. The third kappa shape index (κ3) is 4.15. The molecule has 1 amide bonds. The Kier molecular flexibility index (Phi) is 4.55. The minimum Gasteiger partial charge on any atom is -0.368 e. The molecule has 0 atom stereocenters. The molecule has 3 N–H and O–H groups in total. The topological polar surface area (TPSA) is 80.9 Å². The van der Waals surface area contributed by atoms with Gasteiger partial charge in [-0.25, -0.2) is 4.98 Å². The van der Waals surface area contributed by atoms with Crippen LogP contribution in [0, 0.1) is 11.8 Å². The molecule has 1 rings (SSSR count). The molecule has 0 aromatic carbocycles. The van der Waals surface area contributed by atoms with Gasteiger partial charge in [0.2, 0.25) is 11.9 Å². The standard InChI is InChI=1S/C10H11ClN4O/c1-7(16)13-5-3-2-4-8-6-14-10(12)15-9(8)11/h6H,3,5H2,1H3,(H,13,16)(H2,12,14,15). The molecular weight excluding hydrogens is 228 g/mol. The number of nitrogens with zero attached hydrogens (tertiary/aromatic N) is 2. The highest BCUT2D eigenvalue weighted by molar-refractivity contribution is 6.30. The Morgan fingerprint density at radius 3 is 3.06 bits per heavy atom. The van der Waals surface area contributed by atoms with Gasteiger partial charge in [-0.2, -0.15) is 4.98 Å². The predicted octanol–water partition coefficient (Wildman–Crippen LogP) is 0.590. The highest BCUT2D eigenvalue weighted by atomic mass is 35.5. The Hall–Kier alpha value is -1.80. The number of amides is 1. The molecule has 84 valence electrons. The predicted molar refractivity (Wildman–Crippen MR) is 61.6 cm³/mol.